The number of hydrogen-bond donors (Lipinski definition) is 2. The van der Waals surface area contributed by atoms with Crippen molar-refractivity contribution in [3.63, 3.8) is 0 Å². The Labute approximate surface area is 186 Å². The van der Waals surface area contributed by atoms with Gasteiger partial charge in [-0.05, 0) is 17.5 Å². The molecule has 3 N–H and O–H groups in total. The standard InChI is InChI=1S/C16H12NO3.2CH4.Na.H2O4S/c1-19-10-6-7-11(14(17)8-10)13-9-20-15-5-3-2-4-12(15)16(13)18;;;;1-5(2,3)4/h2,4-9H,17H2,1H3;2*1H4;;(H2,1,2,3,4)/q-1;;;+1;/p-1. The third-order valence-corrected chi connectivity index (χ3v) is 3.17. The summed E-state index contributed by atoms with van der Waals surface area (Å²) < 4.78 is 43.4. The Morgan fingerprint density at radius 1 is 1.21 bits per heavy atom. The fraction of sp³-hybridized carbons (Fsp3) is 0.167. The predicted octanol–water partition coefficient (Wildman–Crippen LogP) is 0.132. The first-order valence-corrected chi connectivity index (χ1v) is 8.11. The second-order valence-corrected chi connectivity index (χ2v) is 5.64. The van der Waals surface area contributed by atoms with E-state index in [0.29, 0.717) is 33.5 Å². The van der Waals surface area contributed by atoms with Gasteiger partial charge in [0.15, 0.2) is 5.43 Å². The van der Waals surface area contributed by atoms with Gasteiger partial charge in [-0.15, -0.1) is 6.07 Å². The van der Waals surface area contributed by atoms with Crippen molar-refractivity contribution in [3.05, 3.63) is 59.0 Å². The largest absolute Gasteiger partial charge is 1.00 e. The van der Waals surface area contributed by atoms with E-state index in [1.54, 1.807) is 43.5 Å². The molecule has 0 bridgehead atoms. The minimum absolute atomic E-state index is 0. The van der Waals surface area contributed by atoms with Crippen LogP contribution in [0.25, 0.3) is 22.1 Å². The first kappa shape index (κ1) is 28.3. The molecule has 0 radical (unpaired) electrons. The molecule has 3 rings (SSSR count). The van der Waals surface area contributed by atoms with E-state index in [0.717, 1.165) is 0 Å². The Hall–Kier alpha value is -1.88. The van der Waals surface area contributed by atoms with Crippen LogP contribution in [0.1, 0.15) is 14.9 Å². The molecular formula is C18H21NNaO7S-. The second kappa shape index (κ2) is 11.8. The summed E-state index contributed by atoms with van der Waals surface area (Å²) >= 11 is 0. The van der Waals surface area contributed by atoms with Crippen LogP contribution in [-0.4, -0.2) is 24.6 Å². The van der Waals surface area contributed by atoms with Crippen LogP contribution in [0.4, 0.5) is 5.69 Å². The third-order valence-electron chi connectivity index (χ3n) is 3.17. The van der Waals surface area contributed by atoms with E-state index in [2.05, 4.69) is 6.07 Å². The number of benzene rings is 2. The maximum Gasteiger partial charge on any atom is 1.00 e. The Morgan fingerprint density at radius 3 is 2.36 bits per heavy atom. The van der Waals surface area contributed by atoms with Gasteiger partial charge < -0.3 is 19.4 Å². The molecule has 0 amide bonds. The monoisotopic (exact) mass is 418 g/mol. The summed E-state index contributed by atoms with van der Waals surface area (Å²) in [5, 5.41) is 0.511. The van der Waals surface area contributed by atoms with Gasteiger partial charge >= 0.3 is 29.6 Å². The number of fused-ring (bicyclic) bond motifs is 1. The van der Waals surface area contributed by atoms with Crippen LogP contribution in [0.15, 0.2) is 51.9 Å². The molecule has 0 atom stereocenters. The molecule has 0 unspecified atom stereocenters. The molecular weight excluding hydrogens is 397 g/mol. The number of methoxy groups -OCH3 is 1. The van der Waals surface area contributed by atoms with Crippen molar-refractivity contribution in [1.29, 1.82) is 0 Å². The molecule has 0 saturated heterocycles. The van der Waals surface area contributed by atoms with Gasteiger partial charge in [-0.25, -0.2) is 8.42 Å². The molecule has 1 heterocycles. The summed E-state index contributed by atoms with van der Waals surface area (Å²) in [6, 6.07) is 13.1. The topological polar surface area (TPSA) is 143 Å². The van der Waals surface area contributed by atoms with Crippen molar-refractivity contribution < 1.29 is 56.2 Å². The molecule has 148 valence electrons. The number of nitrogens with two attached hydrogens (primary N) is 1. The Morgan fingerprint density at radius 2 is 1.82 bits per heavy atom. The molecule has 0 aliphatic rings. The minimum Gasteiger partial charge on any atom is -0.726 e. The van der Waals surface area contributed by atoms with Crippen LogP contribution in [0.2, 0.25) is 0 Å². The van der Waals surface area contributed by atoms with E-state index in [-0.39, 0.29) is 49.8 Å². The minimum atomic E-state index is -4.92. The van der Waals surface area contributed by atoms with Crippen molar-refractivity contribution in [2.45, 2.75) is 14.9 Å². The molecule has 0 fully saturated rings. The molecule has 0 aliphatic carbocycles. The molecule has 8 nitrogen and oxygen atoms in total. The maximum atomic E-state index is 12.5. The molecule has 1 aromatic heterocycles. The van der Waals surface area contributed by atoms with Crippen LogP contribution in [0.3, 0.4) is 0 Å². The zero-order valence-electron chi connectivity index (χ0n) is 13.9. The molecule has 0 spiro atoms. The van der Waals surface area contributed by atoms with Crippen LogP contribution < -0.4 is 45.5 Å². The van der Waals surface area contributed by atoms with Gasteiger partial charge in [0.25, 0.3) is 0 Å². The smallest absolute Gasteiger partial charge is 0.726 e. The summed E-state index contributed by atoms with van der Waals surface area (Å²) in [6.45, 7) is 0. The van der Waals surface area contributed by atoms with Crippen molar-refractivity contribution in [1.82, 2.24) is 0 Å². The van der Waals surface area contributed by atoms with E-state index in [1.807, 2.05) is 0 Å². The van der Waals surface area contributed by atoms with E-state index in [4.69, 9.17) is 32.4 Å². The van der Waals surface area contributed by atoms with E-state index in [9.17, 15) is 4.79 Å². The fourth-order valence-electron chi connectivity index (χ4n) is 2.12. The Kier molecular flexibility index (Phi) is 12.0. The third kappa shape index (κ3) is 7.63. The number of anilines is 1. The van der Waals surface area contributed by atoms with Crippen molar-refractivity contribution in [2.24, 2.45) is 0 Å². The predicted molar refractivity (Wildman–Crippen MR) is 104 cm³/mol. The second-order valence-electron chi connectivity index (χ2n) is 4.78. The van der Waals surface area contributed by atoms with Crippen LogP contribution in [-0.2, 0) is 10.4 Å². The first-order valence-electron chi connectivity index (χ1n) is 6.74. The van der Waals surface area contributed by atoms with E-state index in [1.165, 1.54) is 6.26 Å². The average Bonchev–Trinajstić information content (AvgIpc) is 2.54. The summed E-state index contributed by atoms with van der Waals surface area (Å²) in [5.41, 5.74) is 7.91. The van der Waals surface area contributed by atoms with Crippen molar-refractivity contribution in [3.8, 4) is 16.9 Å². The molecule has 0 saturated carbocycles. The zero-order valence-corrected chi connectivity index (χ0v) is 16.7. The number of rotatable bonds is 2. The van der Waals surface area contributed by atoms with Crippen molar-refractivity contribution >= 4 is 27.1 Å². The summed E-state index contributed by atoms with van der Waals surface area (Å²) in [4.78, 5) is 12.5. The number of hydrogen-bond acceptors (Lipinski definition) is 7. The average molecular weight is 418 g/mol. The van der Waals surface area contributed by atoms with Gasteiger partial charge in [0.05, 0.1) is 18.9 Å². The van der Waals surface area contributed by atoms with Crippen LogP contribution >= 0.6 is 0 Å². The van der Waals surface area contributed by atoms with E-state index >= 15 is 0 Å². The quantitative estimate of drug-likeness (QED) is 0.197. The molecule has 3 aromatic rings. The Balaban J connectivity index is 0. The van der Waals surface area contributed by atoms with E-state index < -0.39 is 10.4 Å². The van der Waals surface area contributed by atoms with Crippen molar-refractivity contribution in [2.75, 3.05) is 12.8 Å². The zero-order chi connectivity index (χ0) is 18.6. The van der Waals surface area contributed by atoms with Gasteiger partial charge in [0.2, 0.25) is 10.4 Å². The summed E-state index contributed by atoms with van der Waals surface area (Å²) in [6.07, 6.45) is 1.43. The fourth-order valence-corrected chi connectivity index (χ4v) is 2.12. The van der Waals surface area contributed by atoms with Gasteiger partial charge in [0.1, 0.15) is 5.75 Å². The summed E-state index contributed by atoms with van der Waals surface area (Å²) in [7, 11) is -3.35. The SMILES string of the molecule is C.C.COc1ccc(-c2coc3c[c-]ccc3c2=O)c(N)c1.O=S(=O)([O-])O.[Na+]. The van der Waals surface area contributed by atoms with Gasteiger partial charge in [-0.2, -0.15) is 18.2 Å². The van der Waals surface area contributed by atoms with Crippen LogP contribution in [0.5, 0.6) is 5.75 Å². The molecule has 2 aromatic carbocycles. The van der Waals surface area contributed by atoms with Gasteiger partial charge in [0, 0.05) is 22.9 Å². The summed E-state index contributed by atoms with van der Waals surface area (Å²) in [5.74, 6) is 0.644. The maximum absolute atomic E-state index is 12.5. The molecule has 28 heavy (non-hydrogen) atoms. The van der Waals surface area contributed by atoms with Gasteiger partial charge in [-0.1, -0.05) is 14.9 Å². The first-order chi connectivity index (χ1) is 11.7. The Bertz CT molecular complexity index is 1060. The normalized spacial score (nSPS) is 9.68. The van der Waals surface area contributed by atoms with Gasteiger partial charge in [-0.3, -0.25) is 9.35 Å². The molecule has 0 aliphatic heterocycles. The molecule has 10 heteroatoms. The number of nitrogen functional groups attached to an aromatic ring is 1. The number of ether oxygens (including phenoxy) is 1. The van der Waals surface area contributed by atoms with Crippen LogP contribution in [0, 0.1) is 6.07 Å².